The van der Waals surface area contributed by atoms with Gasteiger partial charge in [0.2, 0.25) is 0 Å². The zero-order valence-electron chi connectivity index (χ0n) is 14.6. The molecule has 0 aliphatic rings. The molecule has 0 atom stereocenters. The van der Waals surface area contributed by atoms with Crippen molar-refractivity contribution >= 4 is 28.5 Å². The van der Waals surface area contributed by atoms with Gasteiger partial charge in [-0.25, -0.2) is 14.8 Å². The maximum atomic E-state index is 11.7. The largest absolute Gasteiger partial charge is 0.465 e. The number of fused-ring (bicyclic) bond motifs is 1. The van der Waals surface area contributed by atoms with Gasteiger partial charge in [-0.15, -0.1) is 0 Å². The number of carbonyl (C=O) groups is 1. The Bertz CT molecular complexity index is 944. The molecule has 0 spiro atoms. The van der Waals surface area contributed by atoms with Crippen LogP contribution in [-0.4, -0.2) is 23.0 Å². The van der Waals surface area contributed by atoms with Crippen LogP contribution in [0.1, 0.15) is 36.7 Å². The van der Waals surface area contributed by atoms with Crippen LogP contribution in [0.5, 0.6) is 0 Å². The summed E-state index contributed by atoms with van der Waals surface area (Å²) in [6.45, 7) is 6.50. The van der Waals surface area contributed by atoms with Crippen LogP contribution < -0.4 is 0 Å². The van der Waals surface area contributed by atoms with Crippen molar-refractivity contribution < 1.29 is 9.53 Å². The fourth-order valence-corrected chi connectivity index (χ4v) is 2.82. The molecule has 3 aromatic rings. The summed E-state index contributed by atoms with van der Waals surface area (Å²) >= 11 is 6.31. The first-order chi connectivity index (χ1) is 11.8. The van der Waals surface area contributed by atoms with E-state index in [-0.39, 0.29) is 5.41 Å². The van der Waals surface area contributed by atoms with Crippen LogP contribution in [-0.2, 0) is 10.2 Å². The van der Waals surface area contributed by atoms with Crippen molar-refractivity contribution in [1.29, 1.82) is 0 Å². The molecule has 128 valence electrons. The van der Waals surface area contributed by atoms with E-state index in [1.54, 1.807) is 18.2 Å². The molecule has 0 aliphatic carbocycles. The van der Waals surface area contributed by atoms with E-state index in [4.69, 9.17) is 16.3 Å². The molecule has 1 aromatic heterocycles. The van der Waals surface area contributed by atoms with Gasteiger partial charge in [-0.05, 0) is 29.2 Å². The van der Waals surface area contributed by atoms with E-state index in [9.17, 15) is 4.79 Å². The zero-order chi connectivity index (χ0) is 18.2. The van der Waals surface area contributed by atoms with Crippen LogP contribution in [0.25, 0.3) is 22.3 Å². The summed E-state index contributed by atoms with van der Waals surface area (Å²) in [4.78, 5) is 20.7. The molecule has 0 unspecified atom stereocenters. The highest BCUT2D eigenvalue weighted by atomic mass is 35.5. The molecule has 0 saturated heterocycles. The maximum Gasteiger partial charge on any atom is 0.337 e. The number of hydrogen-bond donors (Lipinski definition) is 0. The Morgan fingerprint density at radius 2 is 1.72 bits per heavy atom. The van der Waals surface area contributed by atoms with Crippen LogP contribution in [0.3, 0.4) is 0 Å². The monoisotopic (exact) mass is 354 g/mol. The molecule has 0 bridgehead atoms. The third-order valence-electron chi connectivity index (χ3n) is 4.08. The predicted octanol–water partition coefficient (Wildman–Crippen LogP) is 5.03. The summed E-state index contributed by atoms with van der Waals surface area (Å²) in [5.41, 5.74) is 3.23. The van der Waals surface area contributed by atoms with Crippen LogP contribution in [0.2, 0.25) is 5.15 Å². The van der Waals surface area contributed by atoms with E-state index < -0.39 is 5.97 Å². The number of esters is 1. The Morgan fingerprint density at radius 1 is 1.04 bits per heavy atom. The molecule has 2 aromatic carbocycles. The second-order valence-corrected chi connectivity index (χ2v) is 7.25. The molecule has 1 heterocycles. The molecule has 4 nitrogen and oxygen atoms in total. The number of methoxy groups -OCH3 is 1. The van der Waals surface area contributed by atoms with Gasteiger partial charge in [-0.3, -0.25) is 0 Å². The second-order valence-electron chi connectivity index (χ2n) is 6.89. The minimum Gasteiger partial charge on any atom is -0.465 e. The molecule has 25 heavy (non-hydrogen) atoms. The molecule has 0 radical (unpaired) electrons. The highest BCUT2D eigenvalue weighted by molar-refractivity contribution is 6.34. The highest BCUT2D eigenvalue weighted by Crippen LogP contribution is 2.28. The summed E-state index contributed by atoms with van der Waals surface area (Å²) in [7, 11) is 1.35. The van der Waals surface area contributed by atoms with Crippen molar-refractivity contribution in [2.24, 2.45) is 0 Å². The van der Waals surface area contributed by atoms with Gasteiger partial charge in [0.1, 0.15) is 5.15 Å². The molecule has 5 heteroatoms. The lowest BCUT2D eigenvalue weighted by molar-refractivity contribution is 0.0601. The molecule has 3 rings (SSSR count). The molecule has 0 saturated carbocycles. The fourth-order valence-electron chi connectivity index (χ4n) is 2.58. The molecule has 0 N–H and O–H groups in total. The van der Waals surface area contributed by atoms with Crippen LogP contribution >= 0.6 is 11.6 Å². The number of ether oxygens (including phenoxy) is 1. The third-order valence-corrected chi connectivity index (χ3v) is 4.37. The Balaban J connectivity index is 2.09. The first kappa shape index (κ1) is 17.4. The van der Waals surface area contributed by atoms with Gasteiger partial charge in [-0.1, -0.05) is 56.6 Å². The number of nitrogens with zero attached hydrogens (tertiary/aromatic N) is 2. The molecule has 0 aliphatic heterocycles. The lowest BCUT2D eigenvalue weighted by Crippen LogP contribution is -2.10. The first-order valence-corrected chi connectivity index (χ1v) is 8.34. The summed E-state index contributed by atoms with van der Waals surface area (Å²) < 4.78 is 4.76. The van der Waals surface area contributed by atoms with Gasteiger partial charge in [0.15, 0.2) is 5.82 Å². The molecular weight excluding hydrogens is 336 g/mol. The van der Waals surface area contributed by atoms with Gasteiger partial charge in [0.25, 0.3) is 0 Å². The van der Waals surface area contributed by atoms with Gasteiger partial charge < -0.3 is 4.74 Å². The van der Waals surface area contributed by atoms with E-state index in [2.05, 4.69) is 42.9 Å². The number of halogens is 1. The Kier molecular flexibility index (Phi) is 4.48. The van der Waals surface area contributed by atoms with Gasteiger partial charge >= 0.3 is 5.97 Å². The number of hydrogen-bond acceptors (Lipinski definition) is 4. The zero-order valence-corrected chi connectivity index (χ0v) is 15.4. The summed E-state index contributed by atoms with van der Waals surface area (Å²) in [6.07, 6.45) is 0. The normalized spacial score (nSPS) is 11.6. The summed E-state index contributed by atoms with van der Waals surface area (Å²) in [5.74, 6) is 0.118. The number of rotatable bonds is 2. The smallest absolute Gasteiger partial charge is 0.337 e. The topological polar surface area (TPSA) is 52.1 Å². The lowest BCUT2D eigenvalue weighted by Gasteiger charge is -2.19. The van der Waals surface area contributed by atoms with Gasteiger partial charge in [0, 0.05) is 10.9 Å². The third kappa shape index (κ3) is 3.49. The van der Waals surface area contributed by atoms with E-state index in [1.807, 2.05) is 12.1 Å². The minimum absolute atomic E-state index is 0.0792. The van der Waals surface area contributed by atoms with Crippen molar-refractivity contribution in [1.82, 2.24) is 9.97 Å². The average Bonchev–Trinajstić information content (AvgIpc) is 2.59. The SMILES string of the molecule is COC(=O)c1ccc2c(Cl)nc(-c3ccc(C(C)(C)C)cc3)nc2c1. The Labute approximate surface area is 151 Å². The standard InChI is InChI=1S/C20H19ClN2O2/c1-20(2,3)14-8-5-12(6-9-14)18-22-16-11-13(19(24)25-4)7-10-15(16)17(21)23-18/h5-11H,1-4H3. The fraction of sp³-hybridized carbons (Fsp3) is 0.250. The first-order valence-electron chi connectivity index (χ1n) is 7.96. The maximum absolute atomic E-state index is 11.7. The van der Waals surface area contributed by atoms with Crippen LogP contribution in [0.15, 0.2) is 42.5 Å². The van der Waals surface area contributed by atoms with Crippen molar-refractivity contribution in [3.8, 4) is 11.4 Å². The lowest BCUT2D eigenvalue weighted by atomic mass is 9.87. The Morgan fingerprint density at radius 3 is 2.32 bits per heavy atom. The average molecular weight is 355 g/mol. The minimum atomic E-state index is -0.410. The number of carbonyl (C=O) groups excluding carboxylic acids is 1. The quantitative estimate of drug-likeness (QED) is 0.478. The van der Waals surface area contributed by atoms with Crippen molar-refractivity contribution in [3.05, 3.63) is 58.7 Å². The Hall–Kier alpha value is -2.46. The second kappa shape index (κ2) is 6.45. The molecule has 0 amide bonds. The molecular formula is C20H19ClN2O2. The molecule has 0 fully saturated rings. The van der Waals surface area contributed by atoms with Gasteiger partial charge in [-0.2, -0.15) is 0 Å². The van der Waals surface area contributed by atoms with Crippen molar-refractivity contribution in [2.75, 3.05) is 7.11 Å². The predicted molar refractivity (Wildman–Crippen MR) is 100 cm³/mol. The van der Waals surface area contributed by atoms with Crippen LogP contribution in [0, 0.1) is 0 Å². The van der Waals surface area contributed by atoms with Crippen LogP contribution in [0.4, 0.5) is 0 Å². The van der Waals surface area contributed by atoms with E-state index >= 15 is 0 Å². The summed E-state index contributed by atoms with van der Waals surface area (Å²) in [6, 6.07) is 13.2. The van der Waals surface area contributed by atoms with Gasteiger partial charge in [0.05, 0.1) is 18.2 Å². The number of aromatic nitrogens is 2. The van der Waals surface area contributed by atoms with E-state index in [1.165, 1.54) is 12.7 Å². The van der Waals surface area contributed by atoms with Crippen molar-refractivity contribution in [2.45, 2.75) is 26.2 Å². The van der Waals surface area contributed by atoms with Crippen molar-refractivity contribution in [3.63, 3.8) is 0 Å². The van der Waals surface area contributed by atoms with E-state index in [0.717, 1.165) is 5.56 Å². The van der Waals surface area contributed by atoms with E-state index in [0.29, 0.717) is 27.4 Å². The number of benzene rings is 2. The summed E-state index contributed by atoms with van der Waals surface area (Å²) in [5, 5.41) is 1.06. The highest BCUT2D eigenvalue weighted by Gasteiger charge is 2.15.